The Bertz CT molecular complexity index is 1080. The van der Waals surface area contributed by atoms with Gasteiger partial charge in [-0.25, -0.2) is 13.2 Å². The van der Waals surface area contributed by atoms with Gasteiger partial charge < -0.3 is 14.9 Å². The summed E-state index contributed by atoms with van der Waals surface area (Å²) in [4.78, 5) is 12.7. The van der Waals surface area contributed by atoms with E-state index in [9.17, 15) is 13.2 Å². The average molecular weight is 372 g/mol. The highest BCUT2D eigenvalue weighted by Crippen LogP contribution is 2.30. The third-order valence-electron chi connectivity index (χ3n) is 4.10. The van der Waals surface area contributed by atoms with Gasteiger partial charge in [-0.05, 0) is 42.8 Å². The molecule has 136 valence electrons. The summed E-state index contributed by atoms with van der Waals surface area (Å²) in [6.07, 6.45) is 2.98. The summed E-state index contributed by atoms with van der Waals surface area (Å²) in [5, 5.41) is 0. The molecule has 0 atom stereocenters. The Hall–Kier alpha value is -2.64. The third kappa shape index (κ3) is 3.36. The van der Waals surface area contributed by atoms with E-state index in [1.165, 1.54) is 6.07 Å². The molecule has 2 heterocycles. The molecule has 2 N–H and O–H groups in total. The number of nitrogens with two attached hydrogens (primary N) is 1. The van der Waals surface area contributed by atoms with Gasteiger partial charge in [0.2, 0.25) is 0 Å². The highest BCUT2D eigenvalue weighted by Gasteiger charge is 2.20. The monoisotopic (exact) mass is 372 g/mol. The molecule has 0 radical (unpaired) electrons. The number of esters is 1. The molecule has 0 amide bonds. The van der Waals surface area contributed by atoms with Gasteiger partial charge in [0, 0.05) is 30.1 Å². The molecule has 0 bridgehead atoms. The van der Waals surface area contributed by atoms with Gasteiger partial charge in [-0.1, -0.05) is 12.1 Å². The summed E-state index contributed by atoms with van der Waals surface area (Å²) in [6, 6.07) is 12.0. The second kappa shape index (κ2) is 6.93. The Morgan fingerprint density at radius 2 is 1.96 bits per heavy atom. The van der Waals surface area contributed by atoms with E-state index >= 15 is 0 Å². The summed E-state index contributed by atoms with van der Waals surface area (Å²) in [6.45, 7) is 2.38. The number of hydrogen-bond acceptors (Lipinski definition) is 5. The van der Waals surface area contributed by atoms with Crippen molar-refractivity contribution < 1.29 is 17.9 Å². The number of carbonyl (C=O) groups excluding carboxylic acids is 1. The lowest BCUT2D eigenvalue weighted by molar-refractivity contribution is 0.0527. The fraction of sp³-hybridized carbons (Fsp3) is 0.211. The number of aromatic nitrogens is 1. The molecule has 26 heavy (non-hydrogen) atoms. The van der Waals surface area contributed by atoms with Gasteiger partial charge in [-0.2, -0.15) is 0 Å². The minimum absolute atomic E-state index is 0.193. The van der Waals surface area contributed by atoms with Crippen LogP contribution in [-0.4, -0.2) is 31.7 Å². The first-order valence-electron chi connectivity index (χ1n) is 8.17. The predicted octanol–water partition coefficient (Wildman–Crippen LogP) is 2.65. The molecule has 0 spiro atoms. The lowest BCUT2D eigenvalue weighted by atomic mass is 10.1. The molecule has 0 unspecified atom stereocenters. The van der Waals surface area contributed by atoms with Crippen molar-refractivity contribution >= 4 is 21.3 Å². The second-order valence-electron chi connectivity index (χ2n) is 5.96. The summed E-state index contributed by atoms with van der Waals surface area (Å²) in [5.74, 6) is -0.453. The first-order chi connectivity index (χ1) is 12.3. The first kappa shape index (κ1) is 18.2. The van der Waals surface area contributed by atoms with Crippen LogP contribution in [0.3, 0.4) is 0 Å². The van der Waals surface area contributed by atoms with Crippen molar-refractivity contribution in [3.63, 3.8) is 0 Å². The summed E-state index contributed by atoms with van der Waals surface area (Å²) in [7, 11) is -3.37. The summed E-state index contributed by atoms with van der Waals surface area (Å²) < 4.78 is 30.8. The molecular weight excluding hydrogens is 352 g/mol. The maximum atomic E-state index is 12.5. The van der Waals surface area contributed by atoms with Crippen LogP contribution in [0.25, 0.3) is 16.8 Å². The predicted molar refractivity (Wildman–Crippen MR) is 99.8 cm³/mol. The van der Waals surface area contributed by atoms with Gasteiger partial charge in [0.1, 0.15) is 0 Å². The molecule has 7 heteroatoms. The Kier molecular flexibility index (Phi) is 4.84. The molecule has 0 aliphatic carbocycles. The Balaban J connectivity index is 2.29. The van der Waals surface area contributed by atoms with Crippen LogP contribution in [0.2, 0.25) is 0 Å². The van der Waals surface area contributed by atoms with Crippen molar-refractivity contribution in [1.82, 2.24) is 4.40 Å². The van der Waals surface area contributed by atoms with Crippen LogP contribution in [0.15, 0.2) is 53.6 Å². The maximum absolute atomic E-state index is 12.5. The molecule has 0 aliphatic heterocycles. The van der Waals surface area contributed by atoms with Gasteiger partial charge in [0.05, 0.1) is 22.8 Å². The first-order valence-corrected chi connectivity index (χ1v) is 10.1. The van der Waals surface area contributed by atoms with Crippen LogP contribution in [0.5, 0.6) is 0 Å². The molecule has 3 rings (SSSR count). The lowest BCUT2D eigenvalue weighted by Gasteiger charge is -2.09. The normalized spacial score (nSPS) is 11.7. The Morgan fingerprint density at radius 1 is 1.19 bits per heavy atom. The van der Waals surface area contributed by atoms with E-state index in [2.05, 4.69) is 0 Å². The third-order valence-corrected chi connectivity index (χ3v) is 5.21. The average Bonchev–Trinajstić information content (AvgIpc) is 3.00. The van der Waals surface area contributed by atoms with E-state index in [0.717, 1.165) is 17.3 Å². The molecule has 0 fully saturated rings. The molecule has 2 aromatic heterocycles. The highest BCUT2D eigenvalue weighted by atomic mass is 32.2. The number of rotatable bonds is 5. The van der Waals surface area contributed by atoms with Crippen LogP contribution in [-0.2, 0) is 21.1 Å². The SMILES string of the molecule is CCOC(=O)c1cc2cc(CN)ccn2c1-c1cccc(S(C)(=O)=O)c1. The molecule has 0 saturated heterocycles. The maximum Gasteiger partial charge on any atom is 0.340 e. The van der Waals surface area contributed by atoms with Crippen LogP contribution < -0.4 is 5.73 Å². The van der Waals surface area contributed by atoms with Crippen LogP contribution in [0, 0.1) is 0 Å². The summed E-state index contributed by atoms with van der Waals surface area (Å²) >= 11 is 0. The molecule has 0 aliphatic rings. The lowest BCUT2D eigenvalue weighted by Crippen LogP contribution is -2.06. The van der Waals surface area contributed by atoms with Gasteiger partial charge in [-0.15, -0.1) is 0 Å². The number of hydrogen-bond donors (Lipinski definition) is 1. The second-order valence-corrected chi connectivity index (χ2v) is 7.98. The van der Waals surface area contributed by atoms with Gasteiger partial charge in [0.25, 0.3) is 0 Å². The zero-order valence-electron chi connectivity index (χ0n) is 14.6. The summed E-state index contributed by atoms with van der Waals surface area (Å²) in [5.41, 5.74) is 9.02. The molecule has 1 aromatic carbocycles. The van der Waals surface area contributed by atoms with E-state index in [1.807, 2.05) is 22.7 Å². The molecule has 6 nitrogen and oxygen atoms in total. The molecular formula is C19H20N2O4S. The largest absolute Gasteiger partial charge is 0.462 e. The van der Waals surface area contributed by atoms with Gasteiger partial charge in [0.15, 0.2) is 9.84 Å². The standard InChI is InChI=1S/C19H20N2O4S/c1-3-25-19(22)17-11-15-9-13(12-20)7-8-21(15)18(17)14-5-4-6-16(10-14)26(2,23)24/h4-11H,3,12,20H2,1-2H3. The van der Waals surface area contributed by atoms with Crippen molar-refractivity contribution in [3.8, 4) is 11.3 Å². The van der Waals surface area contributed by atoms with Crippen molar-refractivity contribution in [2.45, 2.75) is 18.4 Å². The fourth-order valence-electron chi connectivity index (χ4n) is 2.88. The van der Waals surface area contributed by atoms with Crippen LogP contribution in [0.1, 0.15) is 22.8 Å². The number of nitrogens with zero attached hydrogens (tertiary/aromatic N) is 1. The van der Waals surface area contributed by atoms with E-state index in [-0.39, 0.29) is 11.5 Å². The number of ether oxygens (including phenoxy) is 1. The van der Waals surface area contributed by atoms with Crippen molar-refractivity contribution in [2.24, 2.45) is 5.73 Å². The smallest absolute Gasteiger partial charge is 0.340 e. The van der Waals surface area contributed by atoms with E-state index in [1.54, 1.807) is 31.2 Å². The quantitative estimate of drug-likeness (QED) is 0.695. The van der Waals surface area contributed by atoms with Gasteiger partial charge >= 0.3 is 5.97 Å². The van der Waals surface area contributed by atoms with E-state index in [4.69, 9.17) is 10.5 Å². The van der Waals surface area contributed by atoms with Gasteiger partial charge in [-0.3, -0.25) is 0 Å². The van der Waals surface area contributed by atoms with E-state index < -0.39 is 15.8 Å². The fourth-order valence-corrected chi connectivity index (χ4v) is 3.55. The molecule has 0 saturated carbocycles. The number of pyridine rings is 1. The van der Waals surface area contributed by atoms with Crippen molar-refractivity contribution in [3.05, 3.63) is 59.8 Å². The Labute approximate surface area is 152 Å². The minimum atomic E-state index is -3.37. The molecule has 3 aromatic rings. The zero-order valence-corrected chi connectivity index (χ0v) is 15.4. The number of benzene rings is 1. The number of carbonyl (C=O) groups is 1. The number of sulfone groups is 1. The number of fused-ring (bicyclic) bond motifs is 1. The van der Waals surface area contributed by atoms with Crippen molar-refractivity contribution in [2.75, 3.05) is 12.9 Å². The van der Waals surface area contributed by atoms with Crippen molar-refractivity contribution in [1.29, 1.82) is 0 Å². The van der Waals surface area contributed by atoms with E-state index in [0.29, 0.717) is 23.4 Å². The Morgan fingerprint density at radius 3 is 2.62 bits per heavy atom. The topological polar surface area (TPSA) is 90.9 Å². The minimum Gasteiger partial charge on any atom is -0.462 e. The van der Waals surface area contributed by atoms with Crippen LogP contribution >= 0.6 is 0 Å². The zero-order chi connectivity index (χ0) is 18.9. The highest BCUT2D eigenvalue weighted by molar-refractivity contribution is 7.90. The van der Waals surface area contributed by atoms with Crippen LogP contribution in [0.4, 0.5) is 0 Å².